The molecule has 0 aromatic carbocycles. The summed E-state index contributed by atoms with van der Waals surface area (Å²) in [6, 6.07) is 1.11. The van der Waals surface area contributed by atoms with Crippen LogP contribution in [0.2, 0.25) is 6.04 Å². The minimum absolute atomic E-state index is 1.06. The fraction of sp³-hybridized carbons (Fsp3) is 1.00. The number of nitrogens with zero attached hydrogens (tertiary/aromatic N) is 1. The molecule has 1 rings (SSSR count). The molecule has 0 aromatic rings. The highest BCUT2D eigenvalue weighted by atomic mass is 28.3. The predicted molar refractivity (Wildman–Crippen MR) is 67.7 cm³/mol. The van der Waals surface area contributed by atoms with Gasteiger partial charge in [-0.15, -0.1) is 0 Å². The zero-order valence-corrected chi connectivity index (χ0v) is 11.7. The molecule has 1 aliphatic rings. The minimum Gasteiger partial charge on any atom is -0.400 e. The van der Waals surface area contributed by atoms with Gasteiger partial charge in [-0.1, -0.05) is 6.42 Å². The van der Waals surface area contributed by atoms with Crippen LogP contribution in [0.5, 0.6) is 0 Å². The molecule has 0 amide bonds. The fourth-order valence-corrected chi connectivity index (χ4v) is 3.11. The molecule has 96 valence electrons. The zero-order chi connectivity index (χ0) is 11.6. The van der Waals surface area contributed by atoms with E-state index >= 15 is 0 Å². The van der Waals surface area contributed by atoms with Gasteiger partial charge in [-0.05, 0) is 12.5 Å². The molecule has 1 saturated heterocycles. The summed E-state index contributed by atoms with van der Waals surface area (Å²) in [5.74, 6) is 0. The van der Waals surface area contributed by atoms with Crippen molar-refractivity contribution in [1.29, 1.82) is 0 Å². The van der Waals surface area contributed by atoms with Crippen molar-refractivity contribution in [2.24, 2.45) is 0 Å². The molecular formula is C10H25N3O2Si. The molecule has 1 fully saturated rings. The van der Waals surface area contributed by atoms with Crippen molar-refractivity contribution in [3.05, 3.63) is 0 Å². The third-order valence-corrected chi connectivity index (χ3v) is 4.78. The van der Waals surface area contributed by atoms with Crippen molar-refractivity contribution in [2.75, 3.05) is 46.9 Å². The van der Waals surface area contributed by atoms with Crippen LogP contribution < -0.4 is 10.7 Å². The molecule has 0 saturated carbocycles. The summed E-state index contributed by atoms with van der Waals surface area (Å²) in [4.78, 5) is 0. The van der Waals surface area contributed by atoms with Gasteiger partial charge in [0.15, 0.2) is 0 Å². The van der Waals surface area contributed by atoms with Crippen LogP contribution in [-0.4, -0.2) is 61.2 Å². The molecule has 0 aliphatic carbocycles. The average Bonchev–Trinajstić information content (AvgIpc) is 2.35. The van der Waals surface area contributed by atoms with Gasteiger partial charge >= 0.3 is 9.28 Å². The van der Waals surface area contributed by atoms with Gasteiger partial charge in [0.1, 0.15) is 0 Å². The Balaban J connectivity index is 1.90. The smallest absolute Gasteiger partial charge is 0.320 e. The summed E-state index contributed by atoms with van der Waals surface area (Å²) in [7, 11) is 2.18. The maximum atomic E-state index is 5.27. The summed E-state index contributed by atoms with van der Waals surface area (Å²) >= 11 is 0. The lowest BCUT2D eigenvalue weighted by Gasteiger charge is -2.27. The van der Waals surface area contributed by atoms with E-state index < -0.39 is 9.28 Å². The molecule has 2 N–H and O–H groups in total. The molecule has 6 heteroatoms. The maximum Gasteiger partial charge on any atom is 0.320 e. The fourth-order valence-electron chi connectivity index (χ4n) is 1.83. The first-order chi connectivity index (χ1) is 7.86. The number of hydrogen-bond acceptors (Lipinski definition) is 5. The van der Waals surface area contributed by atoms with Gasteiger partial charge in [-0.2, -0.15) is 0 Å². The molecule has 1 aliphatic heterocycles. The Morgan fingerprint density at radius 2 is 1.88 bits per heavy atom. The highest BCUT2D eigenvalue weighted by molar-refractivity contribution is 6.44. The molecule has 0 spiro atoms. The Bertz CT molecular complexity index is 164. The lowest BCUT2D eigenvalue weighted by Crippen LogP contribution is -2.50. The first-order valence-electron chi connectivity index (χ1n) is 6.11. The monoisotopic (exact) mass is 247 g/mol. The Hall–Kier alpha value is 0.0169. The summed E-state index contributed by atoms with van der Waals surface area (Å²) < 4.78 is 10.5. The van der Waals surface area contributed by atoms with Gasteiger partial charge < -0.3 is 14.2 Å². The van der Waals surface area contributed by atoms with Gasteiger partial charge in [-0.25, -0.2) is 5.01 Å². The minimum atomic E-state index is -1.32. The summed E-state index contributed by atoms with van der Waals surface area (Å²) in [6.07, 6.45) is 2.39. The Kier molecular flexibility index (Phi) is 8.00. The highest BCUT2D eigenvalue weighted by Crippen LogP contribution is 2.02. The number of hydrazine groups is 1. The van der Waals surface area contributed by atoms with Crippen LogP contribution in [-0.2, 0) is 8.85 Å². The largest absolute Gasteiger partial charge is 0.400 e. The topological polar surface area (TPSA) is 45.8 Å². The van der Waals surface area contributed by atoms with E-state index in [9.17, 15) is 0 Å². The highest BCUT2D eigenvalue weighted by Gasteiger charge is 2.10. The quantitative estimate of drug-likeness (QED) is 0.455. The summed E-state index contributed by atoms with van der Waals surface area (Å²) in [5, 5.41) is 5.64. The van der Waals surface area contributed by atoms with Gasteiger partial charge in [0.25, 0.3) is 0 Å². The third kappa shape index (κ3) is 5.93. The predicted octanol–water partition coefficient (Wildman–Crippen LogP) is -0.310. The number of hydrogen-bond donors (Lipinski definition) is 2. The van der Waals surface area contributed by atoms with Crippen LogP contribution in [0.25, 0.3) is 0 Å². The Morgan fingerprint density at radius 1 is 1.19 bits per heavy atom. The molecule has 0 aromatic heterocycles. The van der Waals surface area contributed by atoms with Gasteiger partial charge in [0.05, 0.1) is 0 Å². The second-order valence-corrected chi connectivity index (χ2v) is 6.42. The average molecular weight is 247 g/mol. The van der Waals surface area contributed by atoms with Gasteiger partial charge in [-0.3, -0.25) is 5.43 Å². The van der Waals surface area contributed by atoms with Crippen LogP contribution in [0.15, 0.2) is 0 Å². The molecule has 0 unspecified atom stereocenters. The van der Waals surface area contributed by atoms with Crippen molar-refractivity contribution < 1.29 is 8.85 Å². The van der Waals surface area contributed by atoms with Gasteiger partial charge in [0.2, 0.25) is 0 Å². The molecular weight excluding hydrogens is 222 g/mol. The second-order valence-electron chi connectivity index (χ2n) is 4.04. The lowest BCUT2D eigenvalue weighted by atomic mass is 10.3. The van der Waals surface area contributed by atoms with Crippen molar-refractivity contribution in [1.82, 2.24) is 15.8 Å². The lowest BCUT2D eigenvalue weighted by molar-refractivity contribution is 0.163. The van der Waals surface area contributed by atoms with E-state index in [1.807, 2.05) is 0 Å². The molecule has 5 nitrogen and oxygen atoms in total. The maximum absolute atomic E-state index is 5.27. The van der Waals surface area contributed by atoms with Crippen LogP contribution >= 0.6 is 0 Å². The summed E-state index contributed by atoms with van der Waals surface area (Å²) in [6.45, 7) is 5.46. The number of nitrogens with one attached hydrogen (secondary N) is 2. The van der Waals surface area contributed by atoms with Crippen molar-refractivity contribution in [2.45, 2.75) is 18.9 Å². The molecule has 0 atom stereocenters. The van der Waals surface area contributed by atoms with Gasteiger partial charge in [0, 0.05) is 46.9 Å². The standard InChI is InChI=1S/C10H25N3O2Si/c1-14-16(15-2)10-4-3-5-12-13-8-6-11-7-9-13/h11-12,16H,3-10H2,1-2H3. The Morgan fingerprint density at radius 3 is 2.50 bits per heavy atom. The molecule has 0 bridgehead atoms. The Labute approximate surface area is 100 Å². The normalized spacial score (nSPS) is 18.2. The van der Waals surface area contributed by atoms with E-state index in [0.29, 0.717) is 0 Å². The summed E-state index contributed by atoms with van der Waals surface area (Å²) in [5.41, 5.74) is 3.46. The number of rotatable bonds is 8. The van der Waals surface area contributed by atoms with Crippen molar-refractivity contribution in [3.8, 4) is 0 Å². The van der Waals surface area contributed by atoms with E-state index in [1.165, 1.54) is 12.8 Å². The van der Waals surface area contributed by atoms with E-state index in [1.54, 1.807) is 14.2 Å². The first-order valence-corrected chi connectivity index (χ1v) is 7.87. The van der Waals surface area contributed by atoms with E-state index in [0.717, 1.165) is 38.8 Å². The molecule has 0 radical (unpaired) electrons. The molecule has 1 heterocycles. The van der Waals surface area contributed by atoms with E-state index in [4.69, 9.17) is 8.85 Å². The third-order valence-electron chi connectivity index (χ3n) is 2.84. The number of piperazine rings is 1. The van der Waals surface area contributed by atoms with Crippen LogP contribution in [0.1, 0.15) is 12.8 Å². The van der Waals surface area contributed by atoms with E-state index in [-0.39, 0.29) is 0 Å². The van der Waals surface area contributed by atoms with Crippen LogP contribution in [0, 0.1) is 0 Å². The van der Waals surface area contributed by atoms with Crippen LogP contribution in [0.3, 0.4) is 0 Å². The van der Waals surface area contributed by atoms with E-state index in [2.05, 4.69) is 15.8 Å². The molecule has 16 heavy (non-hydrogen) atoms. The van der Waals surface area contributed by atoms with Crippen molar-refractivity contribution in [3.63, 3.8) is 0 Å². The second kappa shape index (κ2) is 9.09. The number of unbranched alkanes of at least 4 members (excludes halogenated alkanes) is 1. The van der Waals surface area contributed by atoms with Crippen LogP contribution in [0.4, 0.5) is 0 Å². The van der Waals surface area contributed by atoms with Crippen molar-refractivity contribution >= 4 is 9.28 Å². The SMILES string of the molecule is CO[SiH](CCCCNN1CCNCC1)OC. The zero-order valence-electron chi connectivity index (χ0n) is 10.5. The first kappa shape index (κ1) is 14.1.